The van der Waals surface area contributed by atoms with Crippen molar-refractivity contribution >= 4 is 29.2 Å². The lowest BCUT2D eigenvalue weighted by molar-refractivity contribution is -0.168. The van der Waals surface area contributed by atoms with E-state index in [0.717, 1.165) is 68.3 Å². The van der Waals surface area contributed by atoms with Gasteiger partial charge in [0.1, 0.15) is 11.5 Å². The molecule has 38 heavy (non-hydrogen) atoms. The van der Waals surface area contributed by atoms with Crippen molar-refractivity contribution in [3.05, 3.63) is 75.0 Å². The Balaban J connectivity index is 1.16. The van der Waals surface area contributed by atoms with E-state index in [1.165, 1.54) is 0 Å². The summed E-state index contributed by atoms with van der Waals surface area (Å²) in [7, 11) is 0. The Morgan fingerprint density at radius 2 is 1.71 bits per heavy atom. The Kier molecular flexibility index (Phi) is 6.79. The van der Waals surface area contributed by atoms with Gasteiger partial charge in [0, 0.05) is 17.0 Å². The molecule has 2 aromatic carbocycles. The van der Waals surface area contributed by atoms with E-state index in [-0.39, 0.29) is 16.6 Å². The van der Waals surface area contributed by atoms with Gasteiger partial charge in [-0.25, -0.2) is 4.79 Å². The Morgan fingerprint density at radius 3 is 2.34 bits per heavy atom. The molecular weight excluding hydrogens is 525 g/mol. The number of nitrogens with zero attached hydrogens (tertiary/aromatic N) is 1. The van der Waals surface area contributed by atoms with Gasteiger partial charge < -0.3 is 19.5 Å². The summed E-state index contributed by atoms with van der Waals surface area (Å²) in [6, 6.07) is 12.3. The van der Waals surface area contributed by atoms with Crippen LogP contribution in [0.3, 0.4) is 0 Å². The molecule has 1 atom stereocenters. The van der Waals surface area contributed by atoms with E-state index in [1.54, 1.807) is 18.2 Å². The molecular formula is C30H31Cl2NO5. The highest BCUT2D eigenvalue weighted by Gasteiger charge is 2.52. The van der Waals surface area contributed by atoms with Gasteiger partial charge in [-0.1, -0.05) is 46.6 Å². The van der Waals surface area contributed by atoms with Crippen LogP contribution < -0.4 is 0 Å². The summed E-state index contributed by atoms with van der Waals surface area (Å²) in [4.78, 5) is 11.3. The van der Waals surface area contributed by atoms with Crippen molar-refractivity contribution in [3.8, 4) is 11.3 Å². The molecule has 6 nitrogen and oxygen atoms in total. The average molecular weight is 556 g/mol. The highest BCUT2D eigenvalue weighted by Crippen LogP contribution is 2.56. The van der Waals surface area contributed by atoms with Gasteiger partial charge in [0.2, 0.25) is 0 Å². The predicted molar refractivity (Wildman–Crippen MR) is 145 cm³/mol. The Labute approximate surface area is 231 Å². The van der Waals surface area contributed by atoms with Crippen molar-refractivity contribution in [2.24, 2.45) is 5.41 Å². The zero-order valence-corrected chi connectivity index (χ0v) is 22.6. The fraction of sp³-hybridized carbons (Fsp3) is 0.467. The molecule has 2 N–H and O–H groups in total. The third-order valence-corrected chi connectivity index (χ3v) is 9.66. The van der Waals surface area contributed by atoms with Crippen LogP contribution in [0.1, 0.15) is 84.5 Å². The number of hydrogen-bond donors (Lipinski definition) is 2. The summed E-state index contributed by atoms with van der Waals surface area (Å²) in [5.41, 5.74) is 3.02. The van der Waals surface area contributed by atoms with E-state index < -0.39 is 12.1 Å². The van der Waals surface area contributed by atoms with Crippen molar-refractivity contribution in [1.29, 1.82) is 0 Å². The summed E-state index contributed by atoms with van der Waals surface area (Å²) in [5.74, 6) is 0.301. The first-order valence-corrected chi connectivity index (χ1v) is 14.1. The molecule has 0 saturated heterocycles. The third-order valence-electron chi connectivity index (χ3n) is 9.03. The first kappa shape index (κ1) is 25.9. The van der Waals surface area contributed by atoms with E-state index in [1.807, 2.05) is 24.3 Å². The molecule has 4 aliphatic rings. The largest absolute Gasteiger partial charge is 0.478 e. The van der Waals surface area contributed by atoms with E-state index in [0.29, 0.717) is 40.2 Å². The van der Waals surface area contributed by atoms with Gasteiger partial charge in [-0.3, -0.25) is 0 Å². The minimum Gasteiger partial charge on any atom is -0.478 e. The van der Waals surface area contributed by atoms with Crippen LogP contribution in [0.4, 0.5) is 0 Å². The van der Waals surface area contributed by atoms with E-state index >= 15 is 0 Å². The van der Waals surface area contributed by atoms with Crippen LogP contribution >= 0.6 is 23.2 Å². The van der Waals surface area contributed by atoms with Crippen molar-refractivity contribution in [2.75, 3.05) is 0 Å². The Hall–Kier alpha value is -2.38. The van der Waals surface area contributed by atoms with Crippen LogP contribution in [0.5, 0.6) is 0 Å². The Morgan fingerprint density at radius 1 is 1.05 bits per heavy atom. The number of carboxylic acid groups (broad SMARTS) is 1. The van der Waals surface area contributed by atoms with Gasteiger partial charge in [-0.2, -0.15) is 0 Å². The molecule has 4 saturated carbocycles. The van der Waals surface area contributed by atoms with E-state index in [2.05, 4.69) is 5.16 Å². The lowest BCUT2D eigenvalue weighted by Gasteiger charge is -2.55. The second-order valence-electron chi connectivity index (χ2n) is 11.3. The molecule has 0 amide bonds. The molecule has 200 valence electrons. The van der Waals surface area contributed by atoms with Crippen LogP contribution in [0.2, 0.25) is 10.0 Å². The van der Waals surface area contributed by atoms with Gasteiger partial charge in [-0.05, 0) is 93.0 Å². The summed E-state index contributed by atoms with van der Waals surface area (Å²) in [5, 5.41) is 26.0. The number of rotatable bonds is 9. The first-order valence-electron chi connectivity index (χ1n) is 13.4. The molecule has 2 bridgehead atoms. The lowest BCUT2D eigenvalue weighted by atomic mass is 9.56. The van der Waals surface area contributed by atoms with Crippen molar-refractivity contribution < 1.29 is 24.3 Å². The molecule has 4 aliphatic carbocycles. The number of aliphatic hydroxyl groups excluding tert-OH is 1. The molecule has 1 aromatic heterocycles. The van der Waals surface area contributed by atoms with Crippen LogP contribution in [0.15, 0.2) is 47.0 Å². The average Bonchev–Trinajstić information content (AvgIpc) is 3.68. The number of aromatic nitrogens is 1. The second kappa shape index (κ2) is 9.98. The zero-order valence-electron chi connectivity index (χ0n) is 21.1. The number of benzene rings is 2. The maximum absolute atomic E-state index is 11.3. The van der Waals surface area contributed by atoms with Crippen LogP contribution in [-0.4, -0.2) is 33.0 Å². The monoisotopic (exact) mass is 555 g/mol. The SMILES string of the molecule is O=C(O)c1cccc(CC(O)C23CCC(OCc4c(-c5c(Cl)cccc5Cl)noc4C4CC4)(CC2)CC3)c1. The quantitative estimate of drug-likeness (QED) is 0.285. The molecule has 3 aromatic rings. The van der Waals surface area contributed by atoms with Crippen molar-refractivity contribution in [1.82, 2.24) is 5.16 Å². The van der Waals surface area contributed by atoms with Gasteiger partial charge >= 0.3 is 5.97 Å². The van der Waals surface area contributed by atoms with Gasteiger partial charge in [-0.15, -0.1) is 0 Å². The number of aromatic carboxylic acids is 1. The maximum atomic E-state index is 11.3. The van der Waals surface area contributed by atoms with Crippen LogP contribution in [-0.2, 0) is 17.8 Å². The van der Waals surface area contributed by atoms with E-state index in [4.69, 9.17) is 32.5 Å². The number of hydrogen-bond acceptors (Lipinski definition) is 5. The number of ether oxygens (including phenoxy) is 1. The fourth-order valence-electron chi connectivity index (χ4n) is 6.44. The minimum atomic E-state index is -0.950. The normalized spacial score (nSPS) is 25.4. The Bertz CT molecular complexity index is 1320. The second-order valence-corrected chi connectivity index (χ2v) is 12.1. The van der Waals surface area contributed by atoms with Crippen molar-refractivity contribution in [2.45, 2.75) is 82.0 Å². The summed E-state index contributed by atoms with van der Waals surface area (Å²) in [6.45, 7) is 0.393. The molecule has 1 heterocycles. The number of halogens is 2. The molecule has 0 spiro atoms. The summed E-state index contributed by atoms with van der Waals surface area (Å²) < 4.78 is 12.5. The van der Waals surface area contributed by atoms with E-state index in [9.17, 15) is 15.0 Å². The van der Waals surface area contributed by atoms with Gasteiger partial charge in [0.05, 0.1) is 33.9 Å². The topological polar surface area (TPSA) is 92.8 Å². The minimum absolute atomic E-state index is 0.156. The van der Waals surface area contributed by atoms with Crippen LogP contribution in [0, 0.1) is 5.41 Å². The maximum Gasteiger partial charge on any atom is 0.335 e. The molecule has 7 rings (SSSR count). The summed E-state index contributed by atoms with van der Waals surface area (Å²) >= 11 is 13.0. The molecule has 0 aliphatic heterocycles. The first-order chi connectivity index (χ1) is 18.3. The number of fused-ring (bicyclic) bond motifs is 3. The fourth-order valence-corrected chi connectivity index (χ4v) is 7.02. The van der Waals surface area contributed by atoms with Gasteiger partial charge in [0.25, 0.3) is 0 Å². The standard InChI is InChI=1S/C30H31Cl2NO5/c31-22-5-2-6-23(32)25(22)26-21(27(38-33-26)19-7-8-19)17-37-30-12-9-29(10-13-30,11-14-30)24(34)16-18-3-1-4-20(15-18)28(35)36/h1-6,15,19,24,34H,7-14,16-17H2,(H,35,36). The zero-order chi connectivity index (χ0) is 26.5. The van der Waals surface area contributed by atoms with Gasteiger partial charge in [0.15, 0.2) is 0 Å². The number of carboxylic acids is 1. The summed E-state index contributed by atoms with van der Waals surface area (Å²) in [6.07, 6.45) is 7.40. The smallest absolute Gasteiger partial charge is 0.335 e. The van der Waals surface area contributed by atoms with Crippen LogP contribution in [0.25, 0.3) is 11.3 Å². The highest BCUT2D eigenvalue weighted by atomic mass is 35.5. The predicted octanol–water partition coefficient (Wildman–Crippen LogP) is 7.44. The molecule has 8 heteroatoms. The van der Waals surface area contributed by atoms with Crippen molar-refractivity contribution in [3.63, 3.8) is 0 Å². The lowest BCUT2D eigenvalue weighted by Crippen LogP contribution is -2.52. The molecule has 1 unspecified atom stereocenters. The molecule has 0 radical (unpaired) electrons. The number of carbonyl (C=O) groups is 1. The number of aliphatic hydroxyl groups is 1. The third kappa shape index (κ3) is 4.77. The highest BCUT2D eigenvalue weighted by molar-refractivity contribution is 6.39. The molecule has 4 fully saturated rings.